The van der Waals surface area contributed by atoms with Crippen LogP contribution in [0.3, 0.4) is 0 Å². The number of halogens is 4. The van der Waals surface area contributed by atoms with Gasteiger partial charge in [0.1, 0.15) is 41.6 Å². The first-order valence-electron chi connectivity index (χ1n) is 11.9. The van der Waals surface area contributed by atoms with Crippen LogP contribution in [-0.2, 0) is 14.3 Å². The number of aromatic nitrogens is 2. The van der Waals surface area contributed by atoms with E-state index in [2.05, 4.69) is 16.0 Å². The van der Waals surface area contributed by atoms with Gasteiger partial charge in [-0.25, -0.2) is 14.8 Å². The van der Waals surface area contributed by atoms with Crippen LogP contribution in [0, 0.1) is 34.0 Å². The van der Waals surface area contributed by atoms with E-state index in [1.54, 1.807) is 60.7 Å². The van der Waals surface area contributed by atoms with Gasteiger partial charge in [0.15, 0.2) is 0 Å². The second-order valence-corrected chi connectivity index (χ2v) is 9.50. The Hall–Kier alpha value is -5.02. The number of hydrogen-bond donors (Lipinski definition) is 0. The molecule has 14 heteroatoms. The number of nitrogens with zero attached hydrogens (tertiary/aromatic N) is 5. The van der Waals surface area contributed by atoms with Crippen LogP contribution in [0.2, 0.25) is 20.1 Å². The zero-order valence-electron chi connectivity index (χ0n) is 22.6. The molecule has 0 saturated heterocycles. The van der Waals surface area contributed by atoms with Crippen molar-refractivity contribution in [1.29, 1.82) is 15.8 Å². The van der Waals surface area contributed by atoms with Crippen LogP contribution in [0.4, 0.5) is 0 Å². The fourth-order valence-corrected chi connectivity index (χ4v) is 4.44. The van der Waals surface area contributed by atoms with Gasteiger partial charge in [-0.3, -0.25) is 0 Å². The molecule has 0 aliphatic carbocycles. The SMILES string of the molecule is CO/C=C(/C(=O)OC)c1ccccc1Oc1cc(Oc2ccccc2C#N)ncn1.N#Cc1c(Cl)c(Cl)c(Cl)c(C#N)c1Cl. The third kappa shape index (κ3) is 7.87. The molecular weight excluding hydrogens is 652 g/mol. The number of carbonyl (C=O) groups is 1. The van der Waals surface area contributed by atoms with Crippen molar-refractivity contribution in [2.75, 3.05) is 14.2 Å². The van der Waals surface area contributed by atoms with E-state index >= 15 is 0 Å². The molecule has 0 aliphatic heterocycles. The van der Waals surface area contributed by atoms with Gasteiger partial charge in [0.25, 0.3) is 0 Å². The summed E-state index contributed by atoms with van der Waals surface area (Å²) in [4.78, 5) is 20.3. The topological polar surface area (TPSA) is 151 Å². The Morgan fingerprint density at radius 2 is 1.30 bits per heavy atom. The maximum absolute atomic E-state index is 12.1. The molecule has 0 radical (unpaired) electrons. The molecule has 0 spiro atoms. The summed E-state index contributed by atoms with van der Waals surface area (Å²) in [5, 5.41) is 26.4. The predicted octanol–water partition coefficient (Wildman–Crippen LogP) is 8.14. The van der Waals surface area contributed by atoms with Gasteiger partial charge >= 0.3 is 5.97 Å². The molecule has 0 aliphatic rings. The summed E-state index contributed by atoms with van der Waals surface area (Å²) in [6.45, 7) is 0. The number of para-hydroxylation sites is 2. The minimum Gasteiger partial charge on any atom is -0.503 e. The van der Waals surface area contributed by atoms with Crippen molar-refractivity contribution in [3.8, 4) is 41.5 Å². The third-order valence-corrected chi connectivity index (χ3v) is 7.06. The smallest absolute Gasteiger partial charge is 0.341 e. The number of hydrogen-bond acceptors (Lipinski definition) is 10. The van der Waals surface area contributed by atoms with Crippen LogP contribution in [0.25, 0.3) is 5.57 Å². The van der Waals surface area contributed by atoms with Gasteiger partial charge in [-0.2, -0.15) is 15.8 Å². The van der Waals surface area contributed by atoms with Crippen molar-refractivity contribution < 1.29 is 23.7 Å². The first kappa shape index (κ1) is 33.5. The minimum atomic E-state index is -0.576. The predicted molar refractivity (Wildman–Crippen MR) is 163 cm³/mol. The largest absolute Gasteiger partial charge is 0.503 e. The summed E-state index contributed by atoms with van der Waals surface area (Å²) >= 11 is 22.8. The summed E-state index contributed by atoms with van der Waals surface area (Å²) in [5.74, 6) is 0.520. The lowest BCUT2D eigenvalue weighted by Gasteiger charge is -2.12. The molecule has 0 saturated carbocycles. The van der Waals surface area contributed by atoms with E-state index in [9.17, 15) is 10.1 Å². The standard InChI is InChI=1S/C22H17N3O5.C8Cl4N2/c1-27-13-17(22(26)28-2)16-8-4-6-10-19(16)30-21-11-20(24-14-25-21)29-18-9-5-3-7-15(18)12-23;9-5-3(1-13)6(10)8(12)7(11)4(5)2-14/h3-11,13-14H,1-2H3;/b17-13+;. The Balaban J connectivity index is 0.000000317. The zero-order valence-corrected chi connectivity index (χ0v) is 25.7. The molecule has 0 N–H and O–H groups in total. The van der Waals surface area contributed by atoms with Gasteiger partial charge < -0.3 is 18.9 Å². The molecule has 0 fully saturated rings. The highest BCUT2D eigenvalue weighted by Gasteiger charge is 2.20. The molecule has 3 aromatic carbocycles. The van der Waals surface area contributed by atoms with E-state index in [4.69, 9.17) is 75.9 Å². The van der Waals surface area contributed by atoms with E-state index in [0.29, 0.717) is 22.6 Å². The van der Waals surface area contributed by atoms with Crippen molar-refractivity contribution >= 4 is 57.9 Å². The molecule has 0 unspecified atom stereocenters. The lowest BCUT2D eigenvalue weighted by molar-refractivity contribution is -0.133. The number of benzene rings is 3. The number of carbonyl (C=O) groups excluding carboxylic acids is 1. The van der Waals surface area contributed by atoms with E-state index in [-0.39, 0.29) is 48.6 Å². The summed E-state index contributed by atoms with van der Waals surface area (Å²) in [7, 11) is 2.71. The Labute approximate surface area is 271 Å². The van der Waals surface area contributed by atoms with Gasteiger partial charge in [-0.1, -0.05) is 76.7 Å². The van der Waals surface area contributed by atoms with Crippen LogP contribution in [-0.4, -0.2) is 30.2 Å². The monoisotopic (exact) mass is 667 g/mol. The highest BCUT2D eigenvalue weighted by atomic mass is 35.5. The molecule has 44 heavy (non-hydrogen) atoms. The highest BCUT2D eigenvalue weighted by molar-refractivity contribution is 6.50. The van der Waals surface area contributed by atoms with Crippen molar-refractivity contribution in [2.45, 2.75) is 0 Å². The number of esters is 1. The van der Waals surface area contributed by atoms with Gasteiger partial charge in [0.05, 0.1) is 63.3 Å². The summed E-state index contributed by atoms with van der Waals surface area (Å²) in [6.07, 6.45) is 2.55. The Bertz CT molecular complexity index is 1820. The van der Waals surface area contributed by atoms with E-state index in [0.717, 1.165) is 0 Å². The number of rotatable bonds is 7. The van der Waals surface area contributed by atoms with Crippen LogP contribution >= 0.6 is 46.4 Å². The second-order valence-electron chi connectivity index (χ2n) is 7.99. The molecule has 4 rings (SSSR count). The first-order chi connectivity index (χ1) is 21.2. The summed E-state index contributed by atoms with van der Waals surface area (Å²) in [5.41, 5.74) is 0.932. The Kier molecular flexibility index (Phi) is 12.2. The molecule has 0 bridgehead atoms. The lowest BCUT2D eigenvalue weighted by Crippen LogP contribution is -2.06. The molecule has 1 aromatic heterocycles. The maximum atomic E-state index is 12.1. The van der Waals surface area contributed by atoms with E-state index < -0.39 is 5.97 Å². The van der Waals surface area contributed by atoms with Gasteiger partial charge in [-0.15, -0.1) is 0 Å². The number of methoxy groups -OCH3 is 2. The highest BCUT2D eigenvalue weighted by Crippen LogP contribution is 2.40. The molecule has 1 heterocycles. The van der Waals surface area contributed by atoms with Crippen LogP contribution in [0.1, 0.15) is 22.3 Å². The second kappa shape index (κ2) is 16.0. The maximum Gasteiger partial charge on any atom is 0.341 e. The fourth-order valence-electron chi connectivity index (χ4n) is 3.37. The van der Waals surface area contributed by atoms with Gasteiger partial charge in [0.2, 0.25) is 11.8 Å². The summed E-state index contributed by atoms with van der Waals surface area (Å²) in [6, 6.07) is 20.7. The van der Waals surface area contributed by atoms with Crippen molar-refractivity contribution in [3.63, 3.8) is 0 Å². The van der Waals surface area contributed by atoms with Gasteiger partial charge in [0, 0.05) is 5.56 Å². The lowest BCUT2D eigenvalue weighted by atomic mass is 10.1. The fraction of sp³-hybridized carbons (Fsp3) is 0.0667. The van der Waals surface area contributed by atoms with Crippen molar-refractivity contribution in [2.24, 2.45) is 0 Å². The van der Waals surface area contributed by atoms with Crippen LogP contribution in [0.5, 0.6) is 23.3 Å². The molecular formula is C30H17Cl4N5O5. The quantitative estimate of drug-likeness (QED) is 0.0620. The number of ether oxygens (including phenoxy) is 4. The normalized spacial score (nSPS) is 10.2. The van der Waals surface area contributed by atoms with E-state index in [1.807, 2.05) is 0 Å². The molecule has 4 aromatic rings. The minimum absolute atomic E-state index is 0.0363. The zero-order chi connectivity index (χ0) is 32.2. The van der Waals surface area contributed by atoms with Gasteiger partial charge in [-0.05, 0) is 18.2 Å². The Morgan fingerprint density at radius 3 is 1.84 bits per heavy atom. The Morgan fingerprint density at radius 1 is 0.750 bits per heavy atom. The van der Waals surface area contributed by atoms with E-state index in [1.165, 1.54) is 32.9 Å². The molecule has 0 atom stereocenters. The van der Waals surface area contributed by atoms with Crippen LogP contribution < -0.4 is 9.47 Å². The molecule has 10 nitrogen and oxygen atoms in total. The molecule has 220 valence electrons. The average Bonchev–Trinajstić information content (AvgIpc) is 3.04. The first-order valence-corrected chi connectivity index (χ1v) is 13.4. The third-order valence-electron chi connectivity index (χ3n) is 5.36. The average molecular weight is 669 g/mol. The number of nitriles is 3. The molecule has 0 amide bonds. The summed E-state index contributed by atoms with van der Waals surface area (Å²) < 4.78 is 21.4. The van der Waals surface area contributed by atoms with Crippen molar-refractivity contribution in [1.82, 2.24) is 9.97 Å². The van der Waals surface area contributed by atoms with Crippen LogP contribution in [0.15, 0.2) is 67.2 Å². The van der Waals surface area contributed by atoms with Crippen molar-refractivity contribution in [3.05, 3.63) is 110 Å².